The van der Waals surface area contributed by atoms with Gasteiger partial charge in [-0.3, -0.25) is 0 Å². The Morgan fingerprint density at radius 1 is 0.500 bits per heavy atom. The molecule has 0 nitrogen and oxygen atoms in total. The number of hydrogen-bond donors (Lipinski definition) is 0. The Kier molecular flexibility index (Phi) is 5.01. The molecule has 0 heterocycles. The van der Waals surface area contributed by atoms with E-state index in [1.54, 1.807) is 5.19 Å². The average molecular weight is 500 g/mol. The lowest BCUT2D eigenvalue weighted by molar-refractivity contribution is 1.79. The Morgan fingerprint density at radius 3 is 1.62 bits per heavy atom. The third-order valence-corrected chi connectivity index (χ3v) is 38.8. The Hall–Kier alpha value is -2.51. The molecule has 0 aliphatic heterocycles. The summed E-state index contributed by atoms with van der Waals surface area (Å²) in [6.07, 6.45) is 0. The van der Waals surface area contributed by atoms with Gasteiger partial charge in [-0.2, -0.15) is 0 Å². The monoisotopic (exact) mass is 499 g/mol. The van der Waals surface area contributed by atoms with Gasteiger partial charge in [0.2, 0.25) is 0 Å². The van der Waals surface area contributed by atoms with Crippen molar-refractivity contribution in [2.75, 3.05) is 0 Å². The number of fused-ring (bicyclic) bond motifs is 6. The SMILES string of the molecule is C[Si](C)([Si])[Si](C)(C)[Si]c1cccc2cc3c(ccc4cc5cc6ccccc6cc5cc43)cc12. The van der Waals surface area contributed by atoms with Crippen molar-refractivity contribution in [3.8, 4) is 0 Å². The van der Waals surface area contributed by atoms with E-state index >= 15 is 0 Å². The minimum absolute atomic E-state index is 0.918. The zero-order chi connectivity index (χ0) is 23.7. The van der Waals surface area contributed by atoms with Crippen LogP contribution in [0.5, 0.6) is 0 Å². The van der Waals surface area contributed by atoms with E-state index in [0.29, 0.717) is 0 Å². The lowest BCUT2D eigenvalue weighted by atomic mass is 9.95. The van der Waals surface area contributed by atoms with Crippen LogP contribution in [0.1, 0.15) is 0 Å². The topological polar surface area (TPSA) is 0 Å². The summed E-state index contributed by atoms with van der Waals surface area (Å²) in [7, 11) is 2.43. The third-order valence-electron chi connectivity index (χ3n) is 7.67. The zero-order valence-corrected chi connectivity index (χ0v) is 24.2. The molecule has 0 spiro atoms. The van der Waals surface area contributed by atoms with Gasteiger partial charge in [0.15, 0.2) is 0 Å². The van der Waals surface area contributed by atoms with Gasteiger partial charge >= 0.3 is 0 Å². The van der Waals surface area contributed by atoms with Crippen LogP contribution in [-0.4, -0.2) is 33.0 Å². The Balaban J connectivity index is 1.58. The lowest BCUT2D eigenvalue weighted by Gasteiger charge is -2.35. The maximum atomic E-state index is 4.19. The van der Waals surface area contributed by atoms with Gasteiger partial charge in [-0.25, -0.2) is 0 Å². The first-order valence-corrected chi connectivity index (χ1v) is 22.4. The Bertz CT molecular complexity index is 1740. The molecule has 0 unspecified atom stereocenters. The molecule has 0 fully saturated rings. The van der Waals surface area contributed by atoms with Crippen molar-refractivity contribution in [3.63, 3.8) is 0 Å². The van der Waals surface area contributed by atoms with Crippen LogP contribution in [0.3, 0.4) is 0 Å². The highest BCUT2D eigenvalue weighted by Crippen LogP contribution is 2.33. The first-order chi connectivity index (χ1) is 16.2. The summed E-state index contributed by atoms with van der Waals surface area (Å²) in [6, 6.07) is 34.5. The van der Waals surface area contributed by atoms with Gasteiger partial charge in [-0.15, -0.1) is 0 Å². The molecular weight excluding hydrogens is 473 g/mol. The van der Waals surface area contributed by atoms with Crippen LogP contribution in [-0.2, 0) is 0 Å². The fourth-order valence-corrected chi connectivity index (χ4v) is 15.7. The zero-order valence-electron chi connectivity index (χ0n) is 20.2. The molecule has 163 valence electrons. The highest BCUT2D eigenvalue weighted by atomic mass is 29.8. The van der Waals surface area contributed by atoms with E-state index in [1.807, 2.05) is 0 Å². The molecule has 6 rings (SSSR count). The number of hydrogen-bond acceptors (Lipinski definition) is 0. The van der Waals surface area contributed by atoms with E-state index < -0.39 is 14.2 Å². The third kappa shape index (κ3) is 3.60. The molecular formula is C30H27Si4. The molecule has 0 atom stereocenters. The highest BCUT2D eigenvalue weighted by molar-refractivity contribution is 7.71. The molecule has 0 saturated heterocycles. The number of rotatable bonds is 3. The quantitative estimate of drug-likeness (QED) is 0.135. The Labute approximate surface area is 208 Å². The summed E-state index contributed by atoms with van der Waals surface area (Å²) >= 11 is 0. The second kappa shape index (κ2) is 7.75. The molecule has 6 aromatic rings. The summed E-state index contributed by atoms with van der Waals surface area (Å²) in [5.41, 5.74) is 0. The van der Waals surface area contributed by atoms with Crippen molar-refractivity contribution in [2.45, 2.75) is 26.2 Å². The smallest absolute Gasteiger partial charge is 0.0684 e. The molecule has 4 heteroatoms. The lowest BCUT2D eigenvalue weighted by Crippen LogP contribution is -2.62. The van der Waals surface area contributed by atoms with Crippen molar-refractivity contribution >= 4 is 92.1 Å². The summed E-state index contributed by atoms with van der Waals surface area (Å²) in [5, 5.41) is 14.9. The fraction of sp³-hybridized carbons (Fsp3) is 0.133. The molecule has 0 bridgehead atoms. The normalized spacial score (nSPS) is 13.0. The van der Waals surface area contributed by atoms with E-state index in [4.69, 9.17) is 0 Å². The molecule has 6 aromatic carbocycles. The largest absolute Gasteiger partial charge is 0.0739 e. The second-order valence-corrected chi connectivity index (χ2v) is 36.7. The second-order valence-electron chi connectivity index (χ2n) is 10.7. The molecule has 0 aromatic heterocycles. The van der Waals surface area contributed by atoms with Crippen LogP contribution in [0.15, 0.2) is 91.0 Å². The van der Waals surface area contributed by atoms with Gasteiger partial charge in [0.25, 0.3) is 0 Å². The minimum Gasteiger partial charge on any atom is -0.0739 e. The van der Waals surface area contributed by atoms with E-state index in [9.17, 15) is 0 Å². The molecule has 0 N–H and O–H groups in total. The van der Waals surface area contributed by atoms with Crippen molar-refractivity contribution in [3.05, 3.63) is 91.0 Å². The van der Waals surface area contributed by atoms with E-state index in [1.165, 1.54) is 53.9 Å². The van der Waals surface area contributed by atoms with E-state index in [2.05, 4.69) is 127 Å². The van der Waals surface area contributed by atoms with Crippen LogP contribution in [0.25, 0.3) is 53.9 Å². The van der Waals surface area contributed by atoms with Crippen molar-refractivity contribution in [2.24, 2.45) is 0 Å². The average Bonchev–Trinajstić information content (AvgIpc) is 2.79. The Morgan fingerprint density at radius 2 is 0.971 bits per heavy atom. The predicted molar refractivity (Wildman–Crippen MR) is 160 cm³/mol. The van der Waals surface area contributed by atoms with Crippen LogP contribution < -0.4 is 5.19 Å². The predicted octanol–water partition coefficient (Wildman–Crippen LogP) is 7.44. The van der Waals surface area contributed by atoms with Gasteiger partial charge in [0.1, 0.15) is 0 Å². The highest BCUT2D eigenvalue weighted by Gasteiger charge is 2.37. The molecule has 34 heavy (non-hydrogen) atoms. The molecule has 0 aliphatic carbocycles. The van der Waals surface area contributed by atoms with Crippen molar-refractivity contribution < 1.29 is 0 Å². The number of benzene rings is 6. The van der Waals surface area contributed by atoms with Gasteiger partial charge in [-0.1, -0.05) is 86.0 Å². The minimum atomic E-state index is -1.35. The standard InChI is InChI=1S/C30H27Si4/c1-33(2,31)34(3,4)32-30-11-7-10-22-17-27-24(18-29(22)30)13-12-23-16-25-14-20-8-5-6-9-21(20)15-26(25)19-28(23)27/h5-19H,1-4H3. The summed E-state index contributed by atoms with van der Waals surface area (Å²) in [5.74, 6) is 0. The summed E-state index contributed by atoms with van der Waals surface area (Å²) in [4.78, 5) is 0. The van der Waals surface area contributed by atoms with Crippen LogP contribution in [0, 0.1) is 0 Å². The molecule has 0 amide bonds. The van der Waals surface area contributed by atoms with Gasteiger partial charge in [0.05, 0.1) is 9.04 Å². The molecule has 5 radical (unpaired) electrons. The summed E-state index contributed by atoms with van der Waals surface area (Å²) < 4.78 is 0. The maximum Gasteiger partial charge on any atom is 0.0684 e. The van der Waals surface area contributed by atoms with E-state index in [0.717, 1.165) is 9.04 Å². The van der Waals surface area contributed by atoms with Crippen LogP contribution in [0.2, 0.25) is 26.2 Å². The molecule has 0 saturated carbocycles. The fourth-order valence-electron chi connectivity index (χ4n) is 4.88. The van der Waals surface area contributed by atoms with Crippen LogP contribution in [0.4, 0.5) is 0 Å². The van der Waals surface area contributed by atoms with E-state index in [-0.39, 0.29) is 0 Å². The van der Waals surface area contributed by atoms with Gasteiger partial charge < -0.3 is 0 Å². The van der Waals surface area contributed by atoms with Crippen LogP contribution >= 0.6 is 0 Å². The van der Waals surface area contributed by atoms with Crippen molar-refractivity contribution in [1.82, 2.24) is 0 Å². The molecule has 0 aliphatic rings. The van der Waals surface area contributed by atoms with Gasteiger partial charge in [-0.05, 0) is 90.3 Å². The summed E-state index contributed by atoms with van der Waals surface area (Å²) in [6.45, 7) is 10.1. The van der Waals surface area contributed by atoms with Crippen molar-refractivity contribution in [1.29, 1.82) is 0 Å². The first kappa shape index (κ1) is 22.0. The first-order valence-electron chi connectivity index (χ1n) is 11.9. The van der Waals surface area contributed by atoms with Gasteiger partial charge in [0, 0.05) is 24.0 Å². The maximum absolute atomic E-state index is 4.19.